The molecule has 86 valence electrons. The van der Waals surface area contributed by atoms with Crippen LogP contribution in [0.15, 0.2) is 30.9 Å². The molecule has 0 aromatic heterocycles. The van der Waals surface area contributed by atoms with Crippen molar-refractivity contribution in [1.82, 2.24) is 0 Å². The largest absolute Gasteiger partial charge is 0.497 e. The molecule has 0 radical (unpaired) electrons. The maximum absolute atomic E-state index is 9.18. The Hall–Kier alpha value is -1.46. The van der Waals surface area contributed by atoms with Crippen LogP contribution in [0.4, 0.5) is 0 Å². The fourth-order valence-electron chi connectivity index (χ4n) is 1.24. The number of hydrogen-bond donors (Lipinski definition) is 2. The van der Waals surface area contributed by atoms with Gasteiger partial charge in [0.05, 0.1) is 13.7 Å². The molecule has 1 aromatic carbocycles. The monoisotopic (exact) mass is 222 g/mol. The molecule has 4 nitrogen and oxygen atoms in total. The number of benzene rings is 1. The molecule has 1 rings (SSSR count). The highest BCUT2D eigenvalue weighted by Gasteiger charge is 2.18. The van der Waals surface area contributed by atoms with Crippen LogP contribution in [0.1, 0.15) is 6.42 Å². The Morgan fingerprint density at radius 3 is 2.75 bits per heavy atom. The zero-order valence-electron chi connectivity index (χ0n) is 9.22. The molecule has 0 spiro atoms. The molecule has 0 aliphatic heterocycles. The van der Waals surface area contributed by atoms with Gasteiger partial charge in [-0.15, -0.1) is 6.58 Å². The van der Waals surface area contributed by atoms with E-state index in [1.165, 1.54) is 13.2 Å². The normalized spacial score (nSPS) is 9.69. The molecule has 0 amide bonds. The topological polar surface area (TPSA) is 58.9 Å². The summed E-state index contributed by atoms with van der Waals surface area (Å²) >= 11 is 0. The van der Waals surface area contributed by atoms with Crippen LogP contribution < -0.4 is 14.9 Å². The molecule has 5 heteroatoms. The Morgan fingerprint density at radius 2 is 2.19 bits per heavy atom. The van der Waals surface area contributed by atoms with Crippen LogP contribution in [-0.4, -0.2) is 30.9 Å². The number of methoxy groups -OCH3 is 1. The maximum Gasteiger partial charge on any atom is 0.492 e. The first-order valence-electron chi connectivity index (χ1n) is 4.96. The van der Waals surface area contributed by atoms with E-state index in [2.05, 4.69) is 6.58 Å². The van der Waals surface area contributed by atoms with Crippen LogP contribution in [-0.2, 0) is 0 Å². The molecule has 0 fully saturated rings. The van der Waals surface area contributed by atoms with Gasteiger partial charge in [0, 0.05) is 5.46 Å². The summed E-state index contributed by atoms with van der Waals surface area (Å²) in [6.07, 6.45) is 2.44. The predicted octanol–water partition coefficient (Wildman–Crippen LogP) is 0.330. The molecule has 0 saturated carbocycles. The lowest BCUT2D eigenvalue weighted by atomic mass is 9.79. The molecule has 1 aromatic rings. The van der Waals surface area contributed by atoms with Crippen molar-refractivity contribution >= 4 is 12.6 Å². The molecule has 0 atom stereocenters. The molecule has 0 aliphatic rings. The van der Waals surface area contributed by atoms with E-state index in [1.807, 2.05) is 0 Å². The summed E-state index contributed by atoms with van der Waals surface area (Å²) < 4.78 is 10.4. The van der Waals surface area contributed by atoms with Gasteiger partial charge in [-0.3, -0.25) is 0 Å². The molecular weight excluding hydrogens is 207 g/mol. The minimum Gasteiger partial charge on any atom is -0.497 e. The second-order valence-corrected chi connectivity index (χ2v) is 3.20. The number of rotatable bonds is 6. The molecule has 2 N–H and O–H groups in total. The Morgan fingerprint density at radius 1 is 1.44 bits per heavy atom. The molecule has 0 saturated heterocycles. The highest BCUT2D eigenvalue weighted by atomic mass is 16.5. The molecule has 0 aliphatic carbocycles. The van der Waals surface area contributed by atoms with Gasteiger partial charge >= 0.3 is 7.12 Å². The first-order valence-corrected chi connectivity index (χ1v) is 4.96. The maximum atomic E-state index is 9.18. The van der Waals surface area contributed by atoms with Crippen molar-refractivity contribution in [2.75, 3.05) is 13.7 Å². The number of ether oxygens (including phenoxy) is 2. The predicted molar refractivity (Wildman–Crippen MR) is 63.1 cm³/mol. The Labute approximate surface area is 95.3 Å². The summed E-state index contributed by atoms with van der Waals surface area (Å²) in [7, 11) is -0.0602. The Balaban J connectivity index is 2.85. The van der Waals surface area contributed by atoms with Crippen molar-refractivity contribution < 1.29 is 19.5 Å². The standard InChI is InChI=1S/C11H15BO4/c1-3-4-7-16-11-6-5-9(15-2)8-10(11)12(13)14/h3,5-6,8,13-14H,1,4,7H2,2H3. The molecule has 16 heavy (non-hydrogen) atoms. The fourth-order valence-corrected chi connectivity index (χ4v) is 1.24. The molecule has 0 bridgehead atoms. The van der Waals surface area contributed by atoms with Gasteiger partial charge in [-0.2, -0.15) is 0 Å². The van der Waals surface area contributed by atoms with Gasteiger partial charge in [0.1, 0.15) is 11.5 Å². The van der Waals surface area contributed by atoms with Gasteiger partial charge in [-0.25, -0.2) is 0 Å². The lowest BCUT2D eigenvalue weighted by Crippen LogP contribution is -2.31. The SMILES string of the molecule is C=CCCOc1ccc(OC)cc1B(O)O. The highest BCUT2D eigenvalue weighted by Crippen LogP contribution is 2.15. The smallest absolute Gasteiger partial charge is 0.492 e. The van der Waals surface area contributed by atoms with E-state index in [0.29, 0.717) is 30.0 Å². The van der Waals surface area contributed by atoms with Crippen LogP contribution in [0, 0.1) is 0 Å². The van der Waals surface area contributed by atoms with E-state index >= 15 is 0 Å². The van der Waals surface area contributed by atoms with E-state index in [9.17, 15) is 10.0 Å². The van der Waals surface area contributed by atoms with Crippen LogP contribution in [0.2, 0.25) is 0 Å². The second-order valence-electron chi connectivity index (χ2n) is 3.20. The summed E-state index contributed by atoms with van der Waals surface area (Å²) in [6, 6.07) is 4.89. The van der Waals surface area contributed by atoms with Crippen molar-refractivity contribution in [2.45, 2.75) is 6.42 Å². The third-order valence-electron chi connectivity index (χ3n) is 2.07. The van der Waals surface area contributed by atoms with Gasteiger partial charge in [0.15, 0.2) is 0 Å². The summed E-state index contributed by atoms with van der Waals surface area (Å²) in [5, 5.41) is 18.4. The van der Waals surface area contributed by atoms with Crippen molar-refractivity contribution in [1.29, 1.82) is 0 Å². The van der Waals surface area contributed by atoms with Gasteiger partial charge < -0.3 is 19.5 Å². The summed E-state index contributed by atoms with van der Waals surface area (Å²) in [6.45, 7) is 4.03. The van der Waals surface area contributed by atoms with Crippen molar-refractivity contribution in [3.8, 4) is 11.5 Å². The Bertz CT molecular complexity index is 352. The van der Waals surface area contributed by atoms with Gasteiger partial charge in [-0.1, -0.05) is 6.08 Å². The quantitative estimate of drug-likeness (QED) is 0.413. The van der Waals surface area contributed by atoms with Gasteiger partial charge in [0.25, 0.3) is 0 Å². The minimum atomic E-state index is -1.58. The van der Waals surface area contributed by atoms with E-state index in [0.717, 1.165) is 0 Å². The highest BCUT2D eigenvalue weighted by molar-refractivity contribution is 6.59. The summed E-state index contributed by atoms with van der Waals surface area (Å²) in [5.74, 6) is 0.997. The van der Waals surface area contributed by atoms with Crippen LogP contribution in [0.25, 0.3) is 0 Å². The third-order valence-corrected chi connectivity index (χ3v) is 2.07. The van der Waals surface area contributed by atoms with Crippen LogP contribution in [0.3, 0.4) is 0 Å². The zero-order valence-corrected chi connectivity index (χ0v) is 9.22. The van der Waals surface area contributed by atoms with Crippen molar-refractivity contribution in [3.05, 3.63) is 30.9 Å². The minimum absolute atomic E-state index is 0.295. The van der Waals surface area contributed by atoms with E-state index in [4.69, 9.17) is 9.47 Å². The van der Waals surface area contributed by atoms with Crippen LogP contribution >= 0.6 is 0 Å². The van der Waals surface area contributed by atoms with E-state index < -0.39 is 7.12 Å². The van der Waals surface area contributed by atoms with Crippen molar-refractivity contribution in [3.63, 3.8) is 0 Å². The molecule has 0 heterocycles. The third kappa shape index (κ3) is 3.29. The van der Waals surface area contributed by atoms with Crippen molar-refractivity contribution in [2.24, 2.45) is 0 Å². The first kappa shape index (κ1) is 12.6. The molecular formula is C11H15BO4. The van der Waals surface area contributed by atoms with Gasteiger partial charge in [-0.05, 0) is 24.6 Å². The van der Waals surface area contributed by atoms with Crippen LogP contribution in [0.5, 0.6) is 11.5 Å². The summed E-state index contributed by atoms with van der Waals surface area (Å²) in [5.41, 5.74) is 0.295. The first-order chi connectivity index (χ1) is 7.69. The lowest BCUT2D eigenvalue weighted by molar-refractivity contribution is 0.324. The Kier molecular flexibility index (Phi) is 4.89. The fraction of sp³-hybridized carbons (Fsp3) is 0.273. The zero-order chi connectivity index (χ0) is 12.0. The second kappa shape index (κ2) is 6.20. The lowest BCUT2D eigenvalue weighted by Gasteiger charge is -2.11. The average molecular weight is 222 g/mol. The number of hydrogen-bond acceptors (Lipinski definition) is 4. The molecule has 0 unspecified atom stereocenters. The average Bonchev–Trinajstić information content (AvgIpc) is 2.29. The van der Waals surface area contributed by atoms with E-state index in [1.54, 1.807) is 18.2 Å². The van der Waals surface area contributed by atoms with Gasteiger partial charge in [0.2, 0.25) is 0 Å². The summed E-state index contributed by atoms with van der Waals surface area (Å²) in [4.78, 5) is 0. The van der Waals surface area contributed by atoms with E-state index in [-0.39, 0.29) is 0 Å².